The van der Waals surface area contributed by atoms with Gasteiger partial charge in [-0.15, -0.1) is 0 Å². The maximum Gasteiger partial charge on any atom is 0.332 e. The number of pyridine rings is 1. The van der Waals surface area contributed by atoms with E-state index >= 15 is 0 Å². The van der Waals surface area contributed by atoms with Crippen LogP contribution in [-0.4, -0.2) is 45.8 Å². The zero-order valence-corrected chi connectivity index (χ0v) is 12.6. The van der Waals surface area contributed by atoms with Gasteiger partial charge < -0.3 is 10.2 Å². The lowest BCUT2D eigenvalue weighted by Gasteiger charge is -2.22. The summed E-state index contributed by atoms with van der Waals surface area (Å²) in [5, 5.41) is 15.8. The minimum absolute atomic E-state index is 0.601. The number of carboxylic acid groups (broad SMARTS) is 1. The summed E-state index contributed by atoms with van der Waals surface area (Å²) in [4.78, 5) is 16.3. The normalized spacial score (nSPS) is 20.1. The van der Waals surface area contributed by atoms with Crippen molar-refractivity contribution in [3.8, 4) is 0 Å². The van der Waals surface area contributed by atoms with Crippen molar-refractivity contribution >= 4 is 5.97 Å². The third-order valence-corrected chi connectivity index (χ3v) is 3.62. The Morgan fingerprint density at radius 1 is 1.50 bits per heavy atom. The second kappa shape index (κ2) is 7.36. The van der Waals surface area contributed by atoms with E-state index in [0.717, 1.165) is 0 Å². The fourth-order valence-electron chi connectivity index (χ4n) is 2.48. The lowest BCUT2D eigenvalue weighted by molar-refractivity contribution is -0.145. The summed E-state index contributed by atoms with van der Waals surface area (Å²) < 4.78 is 0. The van der Waals surface area contributed by atoms with Crippen molar-refractivity contribution in [3.05, 3.63) is 29.1 Å². The first-order valence-corrected chi connectivity index (χ1v) is 6.87. The second-order valence-corrected chi connectivity index (χ2v) is 5.28. The van der Waals surface area contributed by atoms with Crippen LogP contribution in [0.4, 0.5) is 0 Å². The van der Waals surface area contributed by atoms with E-state index < -0.39 is 12.1 Å². The molecule has 20 heavy (non-hydrogen) atoms. The Morgan fingerprint density at radius 3 is 2.50 bits per heavy atom. The van der Waals surface area contributed by atoms with Crippen LogP contribution in [-0.2, 0) is 4.79 Å². The Kier molecular flexibility index (Phi) is 6.10. The van der Waals surface area contributed by atoms with Gasteiger partial charge in [0, 0.05) is 17.9 Å². The first kappa shape index (κ1) is 16.6. The molecule has 0 aromatic carbocycles. The van der Waals surface area contributed by atoms with Crippen LogP contribution in [0.15, 0.2) is 12.3 Å². The summed E-state index contributed by atoms with van der Waals surface area (Å²) in [6, 6.07) is 2.72. The number of aromatic nitrogens is 1. The number of likely N-dealkylation sites (tertiary alicyclic amines) is 1. The Labute approximate surface area is 120 Å². The number of hydrogen-bond acceptors (Lipinski definition) is 4. The highest BCUT2D eigenvalue weighted by Gasteiger charge is 2.25. The summed E-state index contributed by atoms with van der Waals surface area (Å²) in [5.41, 5.74) is 4.03. The SMILES string of the molecule is CC(O)C(=O)O.Cc1ccnc(C)c1[C@@H]1CCCN1C. The van der Waals surface area contributed by atoms with E-state index in [1.165, 1.54) is 43.1 Å². The molecule has 5 nitrogen and oxygen atoms in total. The molecule has 1 aromatic heterocycles. The molecule has 5 heteroatoms. The van der Waals surface area contributed by atoms with Gasteiger partial charge in [0.25, 0.3) is 0 Å². The van der Waals surface area contributed by atoms with E-state index in [1.807, 2.05) is 6.20 Å². The fourth-order valence-corrected chi connectivity index (χ4v) is 2.48. The lowest BCUT2D eigenvalue weighted by atomic mass is 9.98. The summed E-state index contributed by atoms with van der Waals surface area (Å²) in [6.45, 7) is 6.73. The highest BCUT2D eigenvalue weighted by Crippen LogP contribution is 2.33. The van der Waals surface area contributed by atoms with Crippen LogP contribution in [0.2, 0.25) is 0 Å². The van der Waals surface area contributed by atoms with Crippen molar-refractivity contribution in [1.82, 2.24) is 9.88 Å². The molecule has 112 valence electrons. The van der Waals surface area contributed by atoms with Gasteiger partial charge in [-0.25, -0.2) is 4.79 Å². The third kappa shape index (κ3) is 4.28. The summed E-state index contributed by atoms with van der Waals surface area (Å²) in [6.07, 6.45) is 3.27. The molecule has 2 atom stereocenters. The summed E-state index contributed by atoms with van der Waals surface area (Å²) >= 11 is 0. The van der Waals surface area contributed by atoms with Crippen LogP contribution >= 0.6 is 0 Å². The van der Waals surface area contributed by atoms with Gasteiger partial charge in [-0.2, -0.15) is 0 Å². The predicted molar refractivity (Wildman–Crippen MR) is 77.6 cm³/mol. The van der Waals surface area contributed by atoms with Crippen LogP contribution in [0.25, 0.3) is 0 Å². The predicted octanol–water partition coefficient (Wildman–Crippen LogP) is 1.92. The van der Waals surface area contributed by atoms with Gasteiger partial charge in [-0.3, -0.25) is 9.88 Å². The van der Waals surface area contributed by atoms with E-state index in [1.54, 1.807) is 0 Å². The van der Waals surface area contributed by atoms with Gasteiger partial charge >= 0.3 is 5.97 Å². The Bertz CT molecular complexity index is 440. The molecule has 1 aliphatic heterocycles. The second-order valence-electron chi connectivity index (χ2n) is 5.28. The molecule has 1 saturated heterocycles. The molecular formula is C15H24N2O3. The first-order valence-electron chi connectivity index (χ1n) is 6.87. The maximum absolute atomic E-state index is 9.45. The highest BCUT2D eigenvalue weighted by atomic mass is 16.4. The number of hydrogen-bond donors (Lipinski definition) is 2. The number of carboxylic acids is 1. The van der Waals surface area contributed by atoms with E-state index in [-0.39, 0.29) is 0 Å². The first-order chi connectivity index (χ1) is 9.34. The smallest absolute Gasteiger partial charge is 0.332 e. The van der Waals surface area contributed by atoms with Crippen molar-refractivity contribution in [3.63, 3.8) is 0 Å². The van der Waals surface area contributed by atoms with E-state index in [0.29, 0.717) is 6.04 Å². The molecule has 1 aliphatic rings. The minimum atomic E-state index is -1.23. The topological polar surface area (TPSA) is 73.7 Å². The average molecular weight is 280 g/mol. The van der Waals surface area contributed by atoms with Gasteiger partial charge in [0.2, 0.25) is 0 Å². The highest BCUT2D eigenvalue weighted by molar-refractivity contribution is 5.71. The lowest BCUT2D eigenvalue weighted by Crippen LogP contribution is -2.19. The Morgan fingerprint density at radius 2 is 2.10 bits per heavy atom. The molecule has 0 aliphatic carbocycles. The standard InChI is InChI=1S/C12H18N2.C3H6O3/c1-9-6-7-13-10(2)12(9)11-5-4-8-14(11)3;1-2(4)3(5)6/h6-7,11H,4-5,8H2,1-3H3;2,4H,1H3,(H,5,6)/t11-;/m0./s1. The number of aryl methyl sites for hydroxylation is 2. The summed E-state index contributed by atoms with van der Waals surface area (Å²) in [5.74, 6) is -1.19. The van der Waals surface area contributed by atoms with E-state index in [9.17, 15) is 4.79 Å². The van der Waals surface area contributed by atoms with Crippen LogP contribution in [0, 0.1) is 13.8 Å². The van der Waals surface area contributed by atoms with Gasteiger partial charge in [-0.05, 0) is 64.4 Å². The zero-order valence-electron chi connectivity index (χ0n) is 12.6. The van der Waals surface area contributed by atoms with Gasteiger partial charge in [0.05, 0.1) is 0 Å². The molecule has 1 unspecified atom stereocenters. The maximum atomic E-state index is 9.45. The largest absolute Gasteiger partial charge is 0.479 e. The molecule has 0 bridgehead atoms. The van der Waals surface area contributed by atoms with Gasteiger partial charge in [0.1, 0.15) is 6.10 Å². The Balaban J connectivity index is 0.000000286. The van der Waals surface area contributed by atoms with E-state index in [2.05, 4.69) is 36.8 Å². The third-order valence-electron chi connectivity index (χ3n) is 3.62. The zero-order chi connectivity index (χ0) is 15.3. The molecule has 1 fully saturated rings. The number of nitrogens with zero attached hydrogens (tertiary/aromatic N) is 2. The van der Waals surface area contributed by atoms with Crippen molar-refractivity contribution in [1.29, 1.82) is 0 Å². The van der Waals surface area contributed by atoms with Crippen LogP contribution < -0.4 is 0 Å². The fraction of sp³-hybridized carbons (Fsp3) is 0.600. The molecule has 2 rings (SSSR count). The number of rotatable bonds is 2. The van der Waals surface area contributed by atoms with Gasteiger partial charge in [-0.1, -0.05) is 0 Å². The quantitative estimate of drug-likeness (QED) is 0.865. The molecule has 0 amide bonds. The minimum Gasteiger partial charge on any atom is -0.479 e. The number of aliphatic hydroxyl groups excluding tert-OH is 1. The van der Waals surface area contributed by atoms with Crippen molar-refractivity contribution in [2.75, 3.05) is 13.6 Å². The molecule has 2 N–H and O–H groups in total. The van der Waals surface area contributed by atoms with Crippen molar-refractivity contribution in [2.45, 2.75) is 45.8 Å². The number of aliphatic carboxylic acids is 1. The van der Waals surface area contributed by atoms with Crippen molar-refractivity contribution < 1.29 is 15.0 Å². The number of aliphatic hydroxyl groups is 1. The van der Waals surface area contributed by atoms with Gasteiger partial charge in [0.15, 0.2) is 0 Å². The average Bonchev–Trinajstić information content (AvgIpc) is 2.76. The molecular weight excluding hydrogens is 256 g/mol. The van der Waals surface area contributed by atoms with Crippen LogP contribution in [0.1, 0.15) is 42.6 Å². The number of carbonyl (C=O) groups is 1. The summed E-state index contributed by atoms with van der Waals surface area (Å²) in [7, 11) is 2.21. The Hall–Kier alpha value is -1.46. The van der Waals surface area contributed by atoms with Crippen molar-refractivity contribution in [2.24, 2.45) is 0 Å². The molecule has 2 heterocycles. The molecule has 0 radical (unpaired) electrons. The molecule has 1 aromatic rings. The van der Waals surface area contributed by atoms with Crippen LogP contribution in [0.5, 0.6) is 0 Å². The van der Waals surface area contributed by atoms with Crippen LogP contribution in [0.3, 0.4) is 0 Å². The molecule has 0 spiro atoms. The van der Waals surface area contributed by atoms with E-state index in [4.69, 9.17) is 10.2 Å². The molecule has 0 saturated carbocycles. The monoisotopic (exact) mass is 280 g/mol.